The molecule has 0 aliphatic heterocycles. The quantitative estimate of drug-likeness (QED) is 0.724. The number of thiophene rings is 1. The van der Waals surface area contributed by atoms with Crippen molar-refractivity contribution in [1.82, 2.24) is 19.7 Å². The van der Waals surface area contributed by atoms with Crippen LogP contribution in [0.5, 0.6) is 0 Å². The van der Waals surface area contributed by atoms with Gasteiger partial charge in [0, 0.05) is 29.2 Å². The Morgan fingerprint density at radius 2 is 2.09 bits per heavy atom. The van der Waals surface area contributed by atoms with Gasteiger partial charge < -0.3 is 0 Å². The second kappa shape index (κ2) is 6.83. The zero-order valence-electron chi connectivity index (χ0n) is 12.3. The van der Waals surface area contributed by atoms with Gasteiger partial charge in [-0.25, -0.2) is 18.1 Å². The summed E-state index contributed by atoms with van der Waals surface area (Å²) in [5.41, 5.74) is 1.67. The van der Waals surface area contributed by atoms with Gasteiger partial charge in [-0.05, 0) is 18.6 Å². The highest BCUT2D eigenvalue weighted by molar-refractivity contribution is 7.88. The first-order valence-corrected chi connectivity index (χ1v) is 10.4. The minimum atomic E-state index is -3.14. The Morgan fingerprint density at radius 1 is 1.22 bits per heavy atom. The predicted octanol–water partition coefficient (Wildman–Crippen LogP) is 2.42. The van der Waals surface area contributed by atoms with Crippen LogP contribution in [0.25, 0.3) is 21.3 Å². The molecule has 6 nitrogen and oxygen atoms in total. The van der Waals surface area contributed by atoms with Gasteiger partial charge in [-0.3, -0.25) is 9.97 Å². The van der Waals surface area contributed by atoms with Crippen molar-refractivity contribution in [2.45, 2.75) is 6.42 Å². The van der Waals surface area contributed by atoms with E-state index in [0.29, 0.717) is 13.0 Å². The molecule has 0 aliphatic rings. The monoisotopic (exact) mass is 366 g/mol. The Bertz CT molecular complexity index is 888. The number of thiazole rings is 1. The molecule has 3 heterocycles. The van der Waals surface area contributed by atoms with Gasteiger partial charge in [-0.15, -0.1) is 22.7 Å². The van der Waals surface area contributed by atoms with E-state index >= 15 is 0 Å². The number of hydrogen-bond donors (Lipinski definition) is 1. The second-order valence-corrected chi connectivity index (χ2v) is 8.67. The van der Waals surface area contributed by atoms with Crippen molar-refractivity contribution >= 4 is 32.7 Å². The van der Waals surface area contributed by atoms with Crippen LogP contribution in [-0.4, -0.2) is 36.2 Å². The van der Waals surface area contributed by atoms with Crippen LogP contribution in [0, 0.1) is 0 Å². The molecule has 3 aromatic heterocycles. The minimum Gasteiger partial charge on any atom is -0.261 e. The normalized spacial score (nSPS) is 11.7. The van der Waals surface area contributed by atoms with Gasteiger partial charge in [0.25, 0.3) is 0 Å². The Labute approximate surface area is 142 Å². The van der Waals surface area contributed by atoms with Crippen molar-refractivity contribution in [3.63, 3.8) is 0 Å². The van der Waals surface area contributed by atoms with Crippen LogP contribution >= 0.6 is 22.7 Å². The Morgan fingerprint density at radius 3 is 2.83 bits per heavy atom. The topological polar surface area (TPSA) is 84.8 Å². The lowest BCUT2D eigenvalue weighted by molar-refractivity contribution is 0.588. The summed E-state index contributed by atoms with van der Waals surface area (Å²) in [6, 6.07) is 4.02. The van der Waals surface area contributed by atoms with Gasteiger partial charge in [0.1, 0.15) is 10.7 Å². The third kappa shape index (κ3) is 4.41. The fraction of sp³-hybridized carbons (Fsp3) is 0.214. The van der Waals surface area contributed by atoms with E-state index in [4.69, 9.17) is 0 Å². The summed E-state index contributed by atoms with van der Waals surface area (Å²) in [5.74, 6) is 0. The van der Waals surface area contributed by atoms with Gasteiger partial charge in [-0.1, -0.05) is 0 Å². The van der Waals surface area contributed by atoms with Crippen molar-refractivity contribution in [3.05, 3.63) is 41.0 Å². The molecule has 0 fully saturated rings. The molecular weight excluding hydrogens is 352 g/mol. The first-order chi connectivity index (χ1) is 11.0. The van der Waals surface area contributed by atoms with Gasteiger partial charge in [0.05, 0.1) is 23.0 Å². The molecule has 120 valence electrons. The molecule has 3 aromatic rings. The summed E-state index contributed by atoms with van der Waals surface area (Å²) in [6.45, 7) is 0.403. The second-order valence-electron chi connectivity index (χ2n) is 4.81. The SMILES string of the molecule is CS(=O)(=O)NCCc1ccc(-c2csc(-c3cnccn3)n2)s1. The summed E-state index contributed by atoms with van der Waals surface area (Å²) in [4.78, 5) is 15.1. The number of sulfonamides is 1. The number of hydrogen-bond acceptors (Lipinski definition) is 7. The van der Waals surface area contributed by atoms with E-state index in [1.807, 2.05) is 17.5 Å². The lowest BCUT2D eigenvalue weighted by Crippen LogP contribution is -2.23. The van der Waals surface area contributed by atoms with E-state index < -0.39 is 10.0 Å². The summed E-state index contributed by atoms with van der Waals surface area (Å²) < 4.78 is 24.6. The van der Waals surface area contributed by atoms with Crippen molar-refractivity contribution in [1.29, 1.82) is 0 Å². The van der Waals surface area contributed by atoms with Crippen molar-refractivity contribution in [2.75, 3.05) is 12.8 Å². The molecule has 1 N–H and O–H groups in total. The molecule has 0 bridgehead atoms. The maximum absolute atomic E-state index is 11.1. The summed E-state index contributed by atoms with van der Waals surface area (Å²) in [7, 11) is -3.14. The Hall–Kier alpha value is -1.68. The molecular formula is C14H14N4O2S3. The minimum absolute atomic E-state index is 0.403. The summed E-state index contributed by atoms with van der Waals surface area (Å²) >= 11 is 3.15. The maximum atomic E-state index is 11.1. The molecule has 0 radical (unpaired) electrons. The molecule has 3 rings (SSSR count). The lowest BCUT2D eigenvalue weighted by atomic mass is 10.3. The molecule has 0 spiro atoms. The molecule has 0 unspecified atom stereocenters. The number of nitrogens with zero attached hydrogens (tertiary/aromatic N) is 3. The lowest BCUT2D eigenvalue weighted by Gasteiger charge is -1.99. The van der Waals surface area contributed by atoms with E-state index in [0.717, 1.165) is 32.4 Å². The van der Waals surface area contributed by atoms with Crippen molar-refractivity contribution in [2.24, 2.45) is 0 Å². The maximum Gasteiger partial charge on any atom is 0.208 e. The van der Waals surface area contributed by atoms with Crippen LogP contribution in [0.2, 0.25) is 0 Å². The zero-order valence-corrected chi connectivity index (χ0v) is 14.7. The van der Waals surface area contributed by atoms with Gasteiger partial charge in [0.15, 0.2) is 0 Å². The summed E-state index contributed by atoms with van der Waals surface area (Å²) in [5, 5.41) is 2.83. The highest BCUT2D eigenvalue weighted by Crippen LogP contribution is 2.32. The van der Waals surface area contributed by atoms with E-state index in [1.165, 1.54) is 11.3 Å². The predicted molar refractivity (Wildman–Crippen MR) is 93.0 cm³/mol. The van der Waals surface area contributed by atoms with Gasteiger partial charge in [-0.2, -0.15) is 0 Å². The molecule has 0 saturated carbocycles. The zero-order chi connectivity index (χ0) is 16.3. The fourth-order valence-electron chi connectivity index (χ4n) is 1.92. The molecule has 23 heavy (non-hydrogen) atoms. The summed E-state index contributed by atoms with van der Waals surface area (Å²) in [6.07, 6.45) is 6.80. The van der Waals surface area contributed by atoms with Crippen molar-refractivity contribution in [3.8, 4) is 21.3 Å². The average molecular weight is 366 g/mol. The molecule has 0 amide bonds. The van der Waals surface area contributed by atoms with Crippen LogP contribution in [0.4, 0.5) is 0 Å². The standard InChI is InChI=1S/C14H14N4O2S3/c1-23(19,20)17-5-4-10-2-3-13(22-10)12-9-21-14(18-12)11-8-15-6-7-16-11/h2-3,6-9,17H,4-5H2,1H3. The van der Waals surface area contributed by atoms with E-state index in [1.54, 1.807) is 29.9 Å². The van der Waals surface area contributed by atoms with E-state index in [-0.39, 0.29) is 0 Å². The van der Waals surface area contributed by atoms with Gasteiger partial charge in [0.2, 0.25) is 10.0 Å². The number of aromatic nitrogens is 3. The Balaban J connectivity index is 1.70. The largest absolute Gasteiger partial charge is 0.261 e. The number of nitrogens with one attached hydrogen (secondary N) is 1. The number of rotatable bonds is 6. The van der Waals surface area contributed by atoms with Crippen LogP contribution < -0.4 is 4.72 Å². The first kappa shape index (κ1) is 16.2. The third-order valence-electron chi connectivity index (χ3n) is 2.94. The smallest absolute Gasteiger partial charge is 0.208 e. The highest BCUT2D eigenvalue weighted by Gasteiger charge is 2.10. The Kier molecular flexibility index (Phi) is 4.81. The van der Waals surface area contributed by atoms with Crippen LogP contribution in [0.1, 0.15) is 4.88 Å². The van der Waals surface area contributed by atoms with Gasteiger partial charge >= 0.3 is 0 Å². The van der Waals surface area contributed by atoms with E-state index in [9.17, 15) is 8.42 Å². The van der Waals surface area contributed by atoms with Crippen LogP contribution in [0.15, 0.2) is 36.1 Å². The molecule has 9 heteroatoms. The fourth-order valence-corrected chi connectivity index (χ4v) is 4.22. The molecule has 0 saturated heterocycles. The molecule has 0 aliphatic carbocycles. The van der Waals surface area contributed by atoms with Crippen molar-refractivity contribution < 1.29 is 8.42 Å². The first-order valence-electron chi connectivity index (χ1n) is 6.77. The molecule has 0 atom stereocenters. The average Bonchev–Trinajstić information content (AvgIpc) is 3.15. The highest BCUT2D eigenvalue weighted by atomic mass is 32.2. The van der Waals surface area contributed by atoms with Crippen LogP contribution in [0.3, 0.4) is 0 Å². The van der Waals surface area contributed by atoms with E-state index in [2.05, 4.69) is 19.7 Å². The third-order valence-corrected chi connectivity index (χ3v) is 5.70. The van der Waals surface area contributed by atoms with Crippen LogP contribution in [-0.2, 0) is 16.4 Å². The molecule has 0 aromatic carbocycles.